The van der Waals surface area contributed by atoms with E-state index in [-0.39, 0.29) is 24.4 Å². The van der Waals surface area contributed by atoms with E-state index >= 15 is 0 Å². The zero-order chi connectivity index (χ0) is 19.8. The van der Waals surface area contributed by atoms with Crippen LogP contribution in [0, 0.1) is 0 Å². The molecule has 6 nitrogen and oxygen atoms in total. The van der Waals surface area contributed by atoms with Crippen molar-refractivity contribution in [2.24, 2.45) is 0 Å². The summed E-state index contributed by atoms with van der Waals surface area (Å²) in [6.07, 6.45) is 2.45. The molecule has 0 spiro atoms. The number of hydrogen-bond donors (Lipinski definition) is 1. The van der Waals surface area contributed by atoms with E-state index in [4.69, 9.17) is 0 Å². The minimum atomic E-state index is -0.908. The molecule has 3 rings (SSSR count). The summed E-state index contributed by atoms with van der Waals surface area (Å²) >= 11 is 0. The van der Waals surface area contributed by atoms with Gasteiger partial charge in [-0.3, -0.25) is 14.5 Å². The van der Waals surface area contributed by atoms with Crippen LogP contribution < -0.4 is 5.32 Å². The second-order valence-electron chi connectivity index (χ2n) is 8.16. The number of carbonyl (C=O) groups is 3. The maximum absolute atomic E-state index is 12.9. The van der Waals surface area contributed by atoms with E-state index < -0.39 is 11.6 Å². The van der Waals surface area contributed by atoms with Gasteiger partial charge < -0.3 is 10.2 Å². The van der Waals surface area contributed by atoms with Gasteiger partial charge in [-0.05, 0) is 43.2 Å². The lowest BCUT2D eigenvalue weighted by molar-refractivity contribution is -0.139. The van der Waals surface area contributed by atoms with Crippen LogP contribution in [0.25, 0.3) is 0 Å². The van der Waals surface area contributed by atoms with Crippen LogP contribution in [0.5, 0.6) is 0 Å². The number of urea groups is 1. The molecule has 0 radical (unpaired) electrons. The number of carbonyl (C=O) groups excluding carboxylic acids is 3. The third-order valence-corrected chi connectivity index (χ3v) is 5.65. The number of imide groups is 1. The van der Waals surface area contributed by atoms with Gasteiger partial charge in [0.05, 0.1) is 0 Å². The molecule has 146 valence electrons. The lowest BCUT2D eigenvalue weighted by Crippen LogP contribution is -2.45. The minimum Gasteiger partial charge on any atom is -0.334 e. The summed E-state index contributed by atoms with van der Waals surface area (Å²) in [7, 11) is 0. The Balaban J connectivity index is 1.69. The summed E-state index contributed by atoms with van der Waals surface area (Å²) in [5.74, 6) is -0.0255. The number of nitrogens with one attached hydrogen (secondary N) is 1. The average molecular weight is 371 g/mol. The Bertz CT molecular complexity index is 740. The highest BCUT2D eigenvalue weighted by atomic mass is 16.2. The van der Waals surface area contributed by atoms with Gasteiger partial charge in [-0.2, -0.15) is 0 Å². The van der Waals surface area contributed by atoms with Crippen LogP contribution in [0.3, 0.4) is 0 Å². The first-order chi connectivity index (χ1) is 12.7. The van der Waals surface area contributed by atoms with Gasteiger partial charge in [0, 0.05) is 12.6 Å². The number of amides is 4. The van der Waals surface area contributed by atoms with E-state index in [2.05, 4.69) is 43.4 Å². The van der Waals surface area contributed by atoms with Crippen molar-refractivity contribution in [1.82, 2.24) is 15.1 Å². The quantitative estimate of drug-likeness (QED) is 0.749. The van der Waals surface area contributed by atoms with Gasteiger partial charge in [-0.1, -0.05) is 45.0 Å². The van der Waals surface area contributed by atoms with Gasteiger partial charge in [-0.15, -0.1) is 0 Å². The lowest BCUT2D eigenvalue weighted by Gasteiger charge is -2.25. The normalized spacial score (nSPS) is 22.3. The average Bonchev–Trinajstić information content (AvgIpc) is 3.45. The van der Waals surface area contributed by atoms with Gasteiger partial charge in [0.25, 0.3) is 5.91 Å². The summed E-state index contributed by atoms with van der Waals surface area (Å²) in [6, 6.07) is 8.04. The molecular formula is C21H29N3O3. The Kier molecular flexibility index (Phi) is 5.27. The number of rotatable bonds is 7. The smallest absolute Gasteiger partial charge is 0.325 e. The Morgan fingerprint density at radius 3 is 2.37 bits per heavy atom. The van der Waals surface area contributed by atoms with Crippen molar-refractivity contribution in [2.75, 3.05) is 6.54 Å². The SMILES string of the molecule is CC[C@]1(C)NC(=O)N(CC(=O)N(Cc2ccc(C(C)C)cc2)C2CC2)C1=O. The number of nitrogens with zero attached hydrogens (tertiary/aromatic N) is 2. The molecule has 1 aliphatic carbocycles. The summed E-state index contributed by atoms with van der Waals surface area (Å²) in [6.45, 7) is 8.17. The molecule has 1 saturated carbocycles. The van der Waals surface area contributed by atoms with Crippen molar-refractivity contribution in [3.8, 4) is 0 Å². The molecular weight excluding hydrogens is 342 g/mol. The van der Waals surface area contributed by atoms with Crippen LogP contribution in [0.1, 0.15) is 64.0 Å². The fraction of sp³-hybridized carbons (Fsp3) is 0.571. The highest BCUT2D eigenvalue weighted by molar-refractivity contribution is 6.08. The van der Waals surface area contributed by atoms with Crippen molar-refractivity contribution < 1.29 is 14.4 Å². The highest BCUT2D eigenvalue weighted by Gasteiger charge is 2.47. The Morgan fingerprint density at radius 2 is 1.89 bits per heavy atom. The third kappa shape index (κ3) is 3.99. The molecule has 0 aromatic heterocycles. The molecule has 1 atom stereocenters. The van der Waals surface area contributed by atoms with Gasteiger partial charge in [-0.25, -0.2) is 4.79 Å². The second kappa shape index (κ2) is 7.33. The topological polar surface area (TPSA) is 69.7 Å². The lowest BCUT2D eigenvalue weighted by atomic mass is 9.99. The van der Waals surface area contributed by atoms with Crippen molar-refractivity contribution in [3.05, 3.63) is 35.4 Å². The fourth-order valence-corrected chi connectivity index (χ4v) is 3.37. The molecule has 1 aromatic carbocycles. The van der Waals surface area contributed by atoms with Crippen molar-refractivity contribution >= 4 is 17.8 Å². The standard InChI is InChI=1S/C21H29N3O3/c1-5-21(4)19(26)24(20(27)22-21)13-18(25)23(17-10-11-17)12-15-6-8-16(9-7-15)14(2)3/h6-9,14,17H,5,10-13H2,1-4H3,(H,22,27)/t21-/m0/s1. The molecule has 1 saturated heterocycles. The van der Waals surface area contributed by atoms with Gasteiger partial charge in [0.1, 0.15) is 12.1 Å². The largest absolute Gasteiger partial charge is 0.334 e. The summed E-state index contributed by atoms with van der Waals surface area (Å²) in [4.78, 5) is 40.5. The van der Waals surface area contributed by atoms with Crippen LogP contribution in [0.15, 0.2) is 24.3 Å². The Morgan fingerprint density at radius 1 is 1.26 bits per heavy atom. The molecule has 6 heteroatoms. The van der Waals surface area contributed by atoms with Crippen molar-refractivity contribution in [1.29, 1.82) is 0 Å². The van der Waals surface area contributed by atoms with E-state index in [0.29, 0.717) is 18.9 Å². The van der Waals surface area contributed by atoms with Gasteiger partial charge >= 0.3 is 6.03 Å². The monoisotopic (exact) mass is 371 g/mol. The molecule has 2 fully saturated rings. The fourth-order valence-electron chi connectivity index (χ4n) is 3.37. The van der Waals surface area contributed by atoms with E-state index in [9.17, 15) is 14.4 Å². The van der Waals surface area contributed by atoms with Gasteiger partial charge in [0.15, 0.2) is 0 Å². The summed E-state index contributed by atoms with van der Waals surface area (Å²) in [5.41, 5.74) is 1.42. The highest BCUT2D eigenvalue weighted by Crippen LogP contribution is 2.29. The maximum atomic E-state index is 12.9. The second-order valence-corrected chi connectivity index (χ2v) is 8.16. The molecule has 0 bridgehead atoms. The van der Waals surface area contributed by atoms with Crippen LogP contribution in [-0.4, -0.2) is 45.8 Å². The minimum absolute atomic E-state index is 0.172. The molecule has 0 unspecified atom stereocenters. The molecule has 2 aliphatic rings. The molecule has 4 amide bonds. The summed E-state index contributed by atoms with van der Waals surface area (Å²) < 4.78 is 0. The van der Waals surface area contributed by atoms with E-state index in [1.807, 2.05) is 11.8 Å². The third-order valence-electron chi connectivity index (χ3n) is 5.65. The van der Waals surface area contributed by atoms with E-state index in [1.54, 1.807) is 6.92 Å². The number of benzene rings is 1. The molecule has 1 N–H and O–H groups in total. The first-order valence-electron chi connectivity index (χ1n) is 9.77. The first-order valence-corrected chi connectivity index (χ1v) is 9.77. The zero-order valence-electron chi connectivity index (χ0n) is 16.6. The molecule has 1 aliphatic heterocycles. The summed E-state index contributed by atoms with van der Waals surface area (Å²) in [5, 5.41) is 2.70. The van der Waals surface area contributed by atoms with Gasteiger partial charge in [0.2, 0.25) is 5.91 Å². The maximum Gasteiger partial charge on any atom is 0.325 e. The Hall–Kier alpha value is -2.37. The Labute approximate surface area is 160 Å². The van der Waals surface area contributed by atoms with E-state index in [0.717, 1.165) is 23.3 Å². The van der Waals surface area contributed by atoms with Crippen molar-refractivity contribution in [2.45, 2.75) is 71.0 Å². The van der Waals surface area contributed by atoms with Crippen LogP contribution in [0.4, 0.5) is 4.79 Å². The van der Waals surface area contributed by atoms with E-state index in [1.165, 1.54) is 5.56 Å². The van der Waals surface area contributed by atoms with Crippen LogP contribution >= 0.6 is 0 Å². The predicted molar refractivity (Wildman–Crippen MR) is 103 cm³/mol. The van der Waals surface area contributed by atoms with Crippen molar-refractivity contribution in [3.63, 3.8) is 0 Å². The molecule has 1 heterocycles. The van der Waals surface area contributed by atoms with Crippen LogP contribution in [-0.2, 0) is 16.1 Å². The molecule has 1 aromatic rings. The first kappa shape index (κ1) is 19.4. The van der Waals surface area contributed by atoms with Crippen LogP contribution in [0.2, 0.25) is 0 Å². The zero-order valence-corrected chi connectivity index (χ0v) is 16.6. The predicted octanol–water partition coefficient (Wildman–Crippen LogP) is 3.02. The number of hydrogen-bond acceptors (Lipinski definition) is 3. The molecule has 27 heavy (non-hydrogen) atoms.